The summed E-state index contributed by atoms with van der Waals surface area (Å²) in [6.45, 7) is 2.75. The number of likely N-dealkylation sites (tertiary alicyclic amines) is 1. The Labute approximate surface area is 181 Å². The summed E-state index contributed by atoms with van der Waals surface area (Å²) in [6, 6.07) is 13.8. The maximum absolute atomic E-state index is 12.5. The van der Waals surface area contributed by atoms with Gasteiger partial charge in [0.1, 0.15) is 5.69 Å². The van der Waals surface area contributed by atoms with Crippen LogP contribution in [0.25, 0.3) is 0 Å². The Balaban J connectivity index is 1.63. The van der Waals surface area contributed by atoms with Gasteiger partial charge in [-0.15, -0.1) is 0 Å². The summed E-state index contributed by atoms with van der Waals surface area (Å²) >= 11 is 0. The first-order valence-corrected chi connectivity index (χ1v) is 10.5. The fourth-order valence-corrected chi connectivity index (χ4v) is 3.80. The summed E-state index contributed by atoms with van der Waals surface area (Å²) in [7, 11) is 0. The van der Waals surface area contributed by atoms with Crippen molar-refractivity contribution in [3.63, 3.8) is 0 Å². The standard InChI is InChI=1S/C23H27N3O5/c1-2-19-10-6-7-13-25(19)22(27)16-31-23(28)18-11-12-20(21(14-18)26(29)30)24-15-17-8-4-3-5-9-17/h3-5,8-9,11-12,14,19,24H,2,6-7,10,13,15-16H2,1H3/t19-/m1/s1. The lowest BCUT2D eigenvalue weighted by Crippen LogP contribution is -2.45. The zero-order valence-electron chi connectivity index (χ0n) is 17.6. The number of benzene rings is 2. The van der Waals surface area contributed by atoms with Gasteiger partial charge in [0.15, 0.2) is 6.61 Å². The normalized spacial score (nSPS) is 15.9. The van der Waals surface area contributed by atoms with E-state index in [2.05, 4.69) is 5.32 Å². The van der Waals surface area contributed by atoms with E-state index >= 15 is 0 Å². The Kier molecular flexibility index (Phi) is 7.59. The summed E-state index contributed by atoms with van der Waals surface area (Å²) in [5.41, 5.74) is 1.09. The van der Waals surface area contributed by atoms with Gasteiger partial charge in [0.25, 0.3) is 11.6 Å². The van der Waals surface area contributed by atoms with Gasteiger partial charge in [0.05, 0.1) is 10.5 Å². The van der Waals surface area contributed by atoms with Crippen molar-refractivity contribution in [3.05, 3.63) is 69.8 Å². The molecule has 1 aliphatic rings. The summed E-state index contributed by atoms with van der Waals surface area (Å²) in [4.78, 5) is 37.6. The number of nitro benzene ring substituents is 1. The average molecular weight is 425 g/mol. The topological polar surface area (TPSA) is 102 Å². The van der Waals surface area contributed by atoms with Gasteiger partial charge in [-0.2, -0.15) is 0 Å². The number of esters is 1. The number of carbonyl (C=O) groups is 2. The molecule has 1 aliphatic heterocycles. The van der Waals surface area contributed by atoms with Gasteiger partial charge in [-0.25, -0.2) is 4.79 Å². The molecule has 1 heterocycles. The van der Waals surface area contributed by atoms with Gasteiger partial charge in [-0.3, -0.25) is 14.9 Å². The number of anilines is 1. The second-order valence-corrected chi connectivity index (χ2v) is 7.55. The molecule has 2 aromatic rings. The number of piperidine rings is 1. The maximum atomic E-state index is 12.5. The minimum atomic E-state index is -0.754. The molecule has 0 saturated carbocycles. The summed E-state index contributed by atoms with van der Waals surface area (Å²) < 4.78 is 5.17. The number of amides is 1. The molecule has 31 heavy (non-hydrogen) atoms. The predicted molar refractivity (Wildman–Crippen MR) is 117 cm³/mol. The van der Waals surface area contributed by atoms with E-state index in [-0.39, 0.29) is 29.8 Å². The first-order valence-electron chi connectivity index (χ1n) is 10.5. The van der Waals surface area contributed by atoms with Gasteiger partial charge in [0, 0.05) is 25.2 Å². The molecule has 8 nitrogen and oxygen atoms in total. The van der Waals surface area contributed by atoms with Crippen LogP contribution in [0, 0.1) is 10.1 Å². The molecule has 0 spiro atoms. The lowest BCUT2D eigenvalue weighted by Gasteiger charge is -2.35. The Hall–Kier alpha value is -3.42. The smallest absolute Gasteiger partial charge is 0.338 e. The van der Waals surface area contributed by atoms with Gasteiger partial charge < -0.3 is 15.0 Å². The van der Waals surface area contributed by atoms with Crippen molar-refractivity contribution < 1.29 is 19.2 Å². The third kappa shape index (κ3) is 5.81. The lowest BCUT2D eigenvalue weighted by atomic mass is 10.00. The van der Waals surface area contributed by atoms with Crippen LogP contribution in [0.3, 0.4) is 0 Å². The van der Waals surface area contributed by atoms with Crippen LogP contribution in [0.15, 0.2) is 48.5 Å². The molecule has 8 heteroatoms. The van der Waals surface area contributed by atoms with Crippen molar-refractivity contribution in [2.75, 3.05) is 18.5 Å². The molecule has 0 bridgehead atoms. The minimum absolute atomic E-state index is 0.0375. The number of nitrogens with zero attached hydrogens (tertiary/aromatic N) is 2. The van der Waals surface area contributed by atoms with Gasteiger partial charge >= 0.3 is 5.97 Å². The summed E-state index contributed by atoms with van der Waals surface area (Å²) in [5.74, 6) is -0.980. The van der Waals surface area contributed by atoms with Crippen molar-refractivity contribution in [2.24, 2.45) is 0 Å². The number of hydrogen-bond donors (Lipinski definition) is 1. The van der Waals surface area contributed by atoms with Crippen molar-refractivity contribution in [2.45, 2.75) is 45.2 Å². The van der Waals surface area contributed by atoms with Crippen LogP contribution in [-0.2, 0) is 16.1 Å². The zero-order valence-corrected chi connectivity index (χ0v) is 17.6. The van der Waals surface area contributed by atoms with Crippen LogP contribution >= 0.6 is 0 Å². The van der Waals surface area contributed by atoms with Crippen molar-refractivity contribution in [1.82, 2.24) is 4.90 Å². The van der Waals surface area contributed by atoms with Crippen molar-refractivity contribution >= 4 is 23.3 Å². The average Bonchev–Trinajstić information content (AvgIpc) is 2.81. The van der Waals surface area contributed by atoms with E-state index in [1.165, 1.54) is 18.2 Å². The Morgan fingerprint density at radius 3 is 2.68 bits per heavy atom. The van der Waals surface area contributed by atoms with Crippen molar-refractivity contribution in [1.29, 1.82) is 0 Å². The van der Waals surface area contributed by atoms with Crippen LogP contribution in [0.5, 0.6) is 0 Å². The molecule has 1 fully saturated rings. The minimum Gasteiger partial charge on any atom is -0.452 e. The number of ether oxygens (including phenoxy) is 1. The van der Waals surface area contributed by atoms with E-state index in [0.717, 1.165) is 31.2 Å². The Morgan fingerprint density at radius 2 is 1.97 bits per heavy atom. The van der Waals surface area contributed by atoms with Crippen LogP contribution in [0.1, 0.15) is 48.5 Å². The zero-order chi connectivity index (χ0) is 22.2. The highest BCUT2D eigenvalue weighted by Gasteiger charge is 2.26. The quantitative estimate of drug-likeness (QED) is 0.387. The maximum Gasteiger partial charge on any atom is 0.338 e. The number of nitro groups is 1. The molecule has 0 unspecified atom stereocenters. The fourth-order valence-electron chi connectivity index (χ4n) is 3.80. The SMILES string of the molecule is CC[C@@H]1CCCCN1C(=O)COC(=O)c1ccc(NCc2ccccc2)c([N+](=O)[O-])c1. The second kappa shape index (κ2) is 10.6. The largest absolute Gasteiger partial charge is 0.452 e. The van der Waals surface area contributed by atoms with Crippen LogP contribution in [-0.4, -0.2) is 40.9 Å². The van der Waals surface area contributed by atoms with E-state index in [1.807, 2.05) is 37.3 Å². The molecular weight excluding hydrogens is 398 g/mol. The van der Waals surface area contributed by atoms with E-state index in [1.54, 1.807) is 4.90 Å². The molecule has 1 atom stereocenters. The van der Waals surface area contributed by atoms with E-state index < -0.39 is 10.9 Å². The number of hydrogen-bond acceptors (Lipinski definition) is 6. The van der Waals surface area contributed by atoms with Crippen LogP contribution < -0.4 is 5.32 Å². The van der Waals surface area contributed by atoms with E-state index in [4.69, 9.17) is 4.74 Å². The highest BCUT2D eigenvalue weighted by molar-refractivity contribution is 5.93. The molecule has 1 N–H and O–H groups in total. The third-order valence-electron chi connectivity index (χ3n) is 5.50. The lowest BCUT2D eigenvalue weighted by molar-refractivity contribution is -0.384. The first-order chi connectivity index (χ1) is 15.0. The Morgan fingerprint density at radius 1 is 1.19 bits per heavy atom. The molecule has 0 aromatic heterocycles. The molecule has 1 saturated heterocycles. The van der Waals surface area contributed by atoms with E-state index in [0.29, 0.717) is 18.8 Å². The summed E-state index contributed by atoms with van der Waals surface area (Å²) in [6.07, 6.45) is 3.86. The van der Waals surface area contributed by atoms with E-state index in [9.17, 15) is 19.7 Å². The highest BCUT2D eigenvalue weighted by Crippen LogP contribution is 2.27. The molecule has 2 aromatic carbocycles. The molecular formula is C23H27N3O5. The number of nitrogens with one attached hydrogen (secondary N) is 1. The van der Waals surface area contributed by atoms with Gasteiger partial charge in [0.2, 0.25) is 0 Å². The number of rotatable bonds is 8. The van der Waals surface area contributed by atoms with Crippen LogP contribution in [0.2, 0.25) is 0 Å². The third-order valence-corrected chi connectivity index (χ3v) is 5.50. The second-order valence-electron chi connectivity index (χ2n) is 7.55. The number of carbonyl (C=O) groups excluding carboxylic acids is 2. The molecule has 0 radical (unpaired) electrons. The van der Waals surface area contributed by atoms with Gasteiger partial charge in [-0.05, 0) is 43.4 Å². The molecule has 3 rings (SSSR count). The fraction of sp³-hybridized carbons (Fsp3) is 0.391. The first kappa shape index (κ1) is 22.3. The van der Waals surface area contributed by atoms with Crippen LogP contribution in [0.4, 0.5) is 11.4 Å². The summed E-state index contributed by atoms with van der Waals surface area (Å²) in [5, 5.41) is 14.5. The molecule has 0 aliphatic carbocycles. The molecule has 164 valence electrons. The molecule has 1 amide bonds. The van der Waals surface area contributed by atoms with Gasteiger partial charge in [-0.1, -0.05) is 37.3 Å². The predicted octanol–water partition coefficient (Wildman–Crippen LogP) is 4.15. The van der Waals surface area contributed by atoms with Crippen molar-refractivity contribution in [3.8, 4) is 0 Å². The highest BCUT2D eigenvalue weighted by atomic mass is 16.6. The Bertz CT molecular complexity index is 932. The monoisotopic (exact) mass is 425 g/mol.